The monoisotopic (exact) mass is 288 g/mol. The number of rotatable bonds is 3. The lowest BCUT2D eigenvalue weighted by Crippen LogP contribution is -1.71. The van der Waals surface area contributed by atoms with Gasteiger partial charge in [-0.2, -0.15) is 0 Å². The second-order valence-corrected chi connectivity index (χ2v) is 4.14. The molecule has 0 nitrogen and oxygen atoms in total. The van der Waals surface area contributed by atoms with Crippen LogP contribution in [-0.4, -0.2) is 5.33 Å². The van der Waals surface area contributed by atoms with Crippen molar-refractivity contribution in [3.8, 4) is 0 Å². The molecule has 0 aromatic heterocycles. The Kier molecular flexibility index (Phi) is 4.62. The molecule has 2 heteroatoms. The first-order valence-corrected chi connectivity index (χ1v) is 5.72. The number of benzene rings is 1. The van der Waals surface area contributed by atoms with Crippen LogP contribution in [0.15, 0.2) is 34.8 Å². The van der Waals surface area contributed by atoms with Gasteiger partial charge in [0, 0.05) is 9.80 Å². The quantitative estimate of drug-likeness (QED) is 0.730. The molecule has 0 radical (unpaired) electrons. The van der Waals surface area contributed by atoms with Crippen molar-refractivity contribution < 1.29 is 0 Å². The molecular formula is C10H10Br2. The highest BCUT2D eigenvalue weighted by Crippen LogP contribution is 2.11. The first-order chi connectivity index (χ1) is 5.83. The summed E-state index contributed by atoms with van der Waals surface area (Å²) in [5, 5.41) is 1.03. The first kappa shape index (κ1) is 10.0. The van der Waals surface area contributed by atoms with Crippen molar-refractivity contribution >= 4 is 37.9 Å². The van der Waals surface area contributed by atoms with E-state index in [1.54, 1.807) is 0 Å². The van der Waals surface area contributed by atoms with Gasteiger partial charge in [0.1, 0.15) is 0 Å². The van der Waals surface area contributed by atoms with Crippen molar-refractivity contribution in [3.63, 3.8) is 0 Å². The Balaban J connectivity index is 2.58. The smallest absolute Gasteiger partial charge is 0.0175 e. The zero-order chi connectivity index (χ0) is 8.81. The molecule has 0 heterocycles. The van der Waals surface area contributed by atoms with E-state index in [0.29, 0.717) is 0 Å². The molecule has 0 bridgehead atoms. The van der Waals surface area contributed by atoms with E-state index in [-0.39, 0.29) is 0 Å². The predicted molar refractivity (Wildman–Crippen MR) is 61.6 cm³/mol. The maximum atomic E-state index is 3.40. The molecule has 0 N–H and O–H groups in total. The van der Waals surface area contributed by atoms with Gasteiger partial charge >= 0.3 is 0 Å². The van der Waals surface area contributed by atoms with Crippen molar-refractivity contribution in [2.24, 2.45) is 0 Å². The SMILES string of the molecule is BrCC/C=C/c1ccc(Br)cc1. The van der Waals surface area contributed by atoms with E-state index in [1.807, 2.05) is 12.1 Å². The van der Waals surface area contributed by atoms with Crippen LogP contribution in [0, 0.1) is 0 Å². The lowest BCUT2D eigenvalue weighted by molar-refractivity contribution is 1.27. The standard InChI is InChI=1S/C10H10Br2/c11-8-2-1-3-9-4-6-10(12)7-5-9/h1,3-7H,2,8H2/b3-1+. The number of halogens is 2. The van der Waals surface area contributed by atoms with E-state index < -0.39 is 0 Å². The molecule has 0 fully saturated rings. The molecule has 0 aliphatic heterocycles. The van der Waals surface area contributed by atoms with Crippen LogP contribution in [0.25, 0.3) is 6.08 Å². The van der Waals surface area contributed by atoms with Crippen molar-refractivity contribution in [1.29, 1.82) is 0 Å². The van der Waals surface area contributed by atoms with Gasteiger partial charge < -0.3 is 0 Å². The van der Waals surface area contributed by atoms with E-state index in [1.165, 1.54) is 5.56 Å². The lowest BCUT2D eigenvalue weighted by Gasteiger charge is -1.92. The van der Waals surface area contributed by atoms with Crippen LogP contribution < -0.4 is 0 Å². The van der Waals surface area contributed by atoms with E-state index >= 15 is 0 Å². The number of allylic oxidation sites excluding steroid dienone is 1. The van der Waals surface area contributed by atoms with Crippen molar-refractivity contribution in [2.45, 2.75) is 6.42 Å². The molecule has 0 amide bonds. The first-order valence-electron chi connectivity index (χ1n) is 3.81. The largest absolute Gasteiger partial charge is 0.0925 e. The third-order valence-electron chi connectivity index (χ3n) is 1.46. The van der Waals surface area contributed by atoms with Gasteiger partial charge in [-0.15, -0.1) is 0 Å². The summed E-state index contributed by atoms with van der Waals surface area (Å²) in [6.07, 6.45) is 5.38. The molecule has 64 valence electrons. The topological polar surface area (TPSA) is 0 Å². The van der Waals surface area contributed by atoms with Crippen LogP contribution in [0.5, 0.6) is 0 Å². The molecular weight excluding hydrogens is 280 g/mol. The average Bonchev–Trinajstić information content (AvgIpc) is 2.09. The van der Waals surface area contributed by atoms with Crippen molar-refractivity contribution in [1.82, 2.24) is 0 Å². The minimum Gasteiger partial charge on any atom is -0.0925 e. The van der Waals surface area contributed by atoms with Gasteiger partial charge in [-0.1, -0.05) is 56.1 Å². The maximum absolute atomic E-state index is 3.40. The number of hydrogen-bond donors (Lipinski definition) is 0. The minimum atomic E-state index is 1.03. The van der Waals surface area contributed by atoms with E-state index in [0.717, 1.165) is 16.2 Å². The summed E-state index contributed by atoms with van der Waals surface area (Å²) in [6.45, 7) is 0. The van der Waals surface area contributed by atoms with E-state index in [2.05, 4.69) is 56.1 Å². The molecule has 0 saturated carbocycles. The molecule has 12 heavy (non-hydrogen) atoms. The third-order valence-corrected chi connectivity index (χ3v) is 2.44. The molecule has 0 saturated heterocycles. The Bertz CT molecular complexity index is 249. The Morgan fingerprint density at radius 3 is 2.42 bits per heavy atom. The highest BCUT2D eigenvalue weighted by molar-refractivity contribution is 9.10. The Hall–Kier alpha value is -0.0800. The number of hydrogen-bond acceptors (Lipinski definition) is 0. The second-order valence-electron chi connectivity index (χ2n) is 2.43. The van der Waals surface area contributed by atoms with Crippen LogP contribution in [0.2, 0.25) is 0 Å². The van der Waals surface area contributed by atoms with Crippen LogP contribution >= 0.6 is 31.9 Å². The fraction of sp³-hybridized carbons (Fsp3) is 0.200. The molecule has 1 rings (SSSR count). The summed E-state index contributed by atoms with van der Waals surface area (Å²) >= 11 is 6.77. The highest BCUT2D eigenvalue weighted by atomic mass is 79.9. The summed E-state index contributed by atoms with van der Waals surface area (Å²) in [5.74, 6) is 0. The Morgan fingerprint density at radius 1 is 1.17 bits per heavy atom. The third kappa shape index (κ3) is 3.55. The Labute approximate surface area is 89.9 Å². The van der Waals surface area contributed by atoms with Gasteiger partial charge in [-0.3, -0.25) is 0 Å². The fourth-order valence-electron chi connectivity index (χ4n) is 0.856. The van der Waals surface area contributed by atoms with Gasteiger partial charge in [0.25, 0.3) is 0 Å². The van der Waals surface area contributed by atoms with Crippen LogP contribution in [0.1, 0.15) is 12.0 Å². The molecule has 1 aromatic carbocycles. The van der Waals surface area contributed by atoms with Crippen molar-refractivity contribution in [3.05, 3.63) is 40.4 Å². The zero-order valence-electron chi connectivity index (χ0n) is 6.63. The van der Waals surface area contributed by atoms with E-state index in [9.17, 15) is 0 Å². The van der Waals surface area contributed by atoms with E-state index in [4.69, 9.17) is 0 Å². The highest BCUT2D eigenvalue weighted by Gasteiger charge is 1.86. The summed E-state index contributed by atoms with van der Waals surface area (Å²) in [5.41, 5.74) is 1.25. The molecule has 0 spiro atoms. The van der Waals surface area contributed by atoms with Gasteiger partial charge in [-0.25, -0.2) is 0 Å². The zero-order valence-corrected chi connectivity index (χ0v) is 9.81. The fourth-order valence-corrected chi connectivity index (χ4v) is 1.38. The number of alkyl halides is 1. The van der Waals surface area contributed by atoms with Crippen LogP contribution in [-0.2, 0) is 0 Å². The van der Waals surface area contributed by atoms with Crippen LogP contribution in [0.3, 0.4) is 0 Å². The van der Waals surface area contributed by atoms with Gasteiger partial charge in [0.05, 0.1) is 0 Å². The van der Waals surface area contributed by atoms with Gasteiger partial charge in [0.15, 0.2) is 0 Å². The molecule has 0 aliphatic rings. The summed E-state index contributed by atoms with van der Waals surface area (Å²) in [4.78, 5) is 0. The summed E-state index contributed by atoms with van der Waals surface area (Å²) < 4.78 is 1.13. The molecule has 0 unspecified atom stereocenters. The second kappa shape index (κ2) is 5.55. The van der Waals surface area contributed by atoms with Crippen molar-refractivity contribution in [2.75, 3.05) is 5.33 Å². The summed E-state index contributed by atoms with van der Waals surface area (Å²) in [7, 11) is 0. The predicted octanol–water partition coefficient (Wildman–Crippen LogP) is 4.25. The van der Waals surface area contributed by atoms with Crippen LogP contribution in [0.4, 0.5) is 0 Å². The van der Waals surface area contributed by atoms with Gasteiger partial charge in [0.2, 0.25) is 0 Å². The summed E-state index contributed by atoms with van der Waals surface area (Å²) in [6, 6.07) is 8.28. The average molecular weight is 290 g/mol. The Morgan fingerprint density at radius 2 is 1.83 bits per heavy atom. The normalized spacial score (nSPS) is 10.8. The molecule has 1 aromatic rings. The lowest BCUT2D eigenvalue weighted by atomic mass is 10.2. The van der Waals surface area contributed by atoms with Gasteiger partial charge in [-0.05, 0) is 24.1 Å². The minimum absolute atomic E-state index is 1.03. The molecule has 0 atom stereocenters. The molecule has 0 aliphatic carbocycles. The maximum Gasteiger partial charge on any atom is 0.0175 e.